The second-order valence-electron chi connectivity index (χ2n) is 6.90. The number of amides is 1. The highest BCUT2D eigenvalue weighted by atomic mass is 127. The minimum Gasteiger partial charge on any atom is -0.484 e. The van der Waals surface area contributed by atoms with Crippen LogP contribution in [-0.4, -0.2) is 37.6 Å². The third kappa shape index (κ3) is 9.84. The average molecular weight is 474 g/mol. The number of nitrogens with zero attached hydrogens (tertiary/aromatic N) is 1. The van der Waals surface area contributed by atoms with Crippen molar-refractivity contribution in [3.8, 4) is 5.75 Å². The fourth-order valence-corrected chi connectivity index (χ4v) is 2.23. The molecule has 0 heterocycles. The summed E-state index contributed by atoms with van der Waals surface area (Å²) in [6.45, 7) is 5.91. The molecular formula is C19H31IN4O2. The van der Waals surface area contributed by atoms with Crippen LogP contribution >= 0.6 is 24.0 Å². The van der Waals surface area contributed by atoms with Crippen molar-refractivity contribution in [2.24, 2.45) is 16.6 Å². The molecule has 7 heteroatoms. The Balaban J connectivity index is 0.00000338. The zero-order valence-electron chi connectivity index (χ0n) is 15.7. The van der Waals surface area contributed by atoms with Gasteiger partial charge in [-0.25, -0.2) is 0 Å². The van der Waals surface area contributed by atoms with Gasteiger partial charge in [0.05, 0.1) is 0 Å². The lowest BCUT2D eigenvalue weighted by atomic mass is 10.1. The molecule has 4 N–H and O–H groups in total. The number of aliphatic imine (C=N–C) groups is 1. The average Bonchev–Trinajstić information content (AvgIpc) is 3.38. The Hall–Kier alpha value is -1.51. The summed E-state index contributed by atoms with van der Waals surface area (Å²) < 4.78 is 5.49. The summed E-state index contributed by atoms with van der Waals surface area (Å²) >= 11 is 0. The fraction of sp³-hybridized carbons (Fsp3) is 0.579. The van der Waals surface area contributed by atoms with E-state index in [2.05, 4.69) is 29.5 Å². The number of hydrogen-bond acceptors (Lipinski definition) is 3. The predicted octanol–water partition coefficient (Wildman–Crippen LogP) is 2.45. The van der Waals surface area contributed by atoms with Gasteiger partial charge in [-0.15, -0.1) is 24.0 Å². The lowest BCUT2D eigenvalue weighted by Crippen LogP contribution is -2.33. The van der Waals surface area contributed by atoms with Gasteiger partial charge in [0.25, 0.3) is 5.91 Å². The molecule has 26 heavy (non-hydrogen) atoms. The topological polar surface area (TPSA) is 88.7 Å². The van der Waals surface area contributed by atoms with Gasteiger partial charge in [0.15, 0.2) is 12.6 Å². The molecule has 1 aromatic carbocycles. The molecule has 1 saturated carbocycles. The first-order chi connectivity index (χ1) is 12.0. The molecule has 0 radical (unpaired) electrons. The number of benzene rings is 1. The van der Waals surface area contributed by atoms with Crippen LogP contribution in [0.5, 0.6) is 5.75 Å². The Morgan fingerprint density at radius 3 is 2.62 bits per heavy atom. The maximum absolute atomic E-state index is 11.6. The first-order valence-electron chi connectivity index (χ1n) is 9.08. The van der Waals surface area contributed by atoms with E-state index in [0.29, 0.717) is 23.7 Å². The summed E-state index contributed by atoms with van der Waals surface area (Å²) in [4.78, 5) is 15.9. The van der Waals surface area contributed by atoms with E-state index in [1.807, 2.05) is 24.3 Å². The molecule has 1 amide bonds. The van der Waals surface area contributed by atoms with Gasteiger partial charge in [0, 0.05) is 19.1 Å². The molecule has 0 unspecified atom stereocenters. The van der Waals surface area contributed by atoms with Gasteiger partial charge in [0.1, 0.15) is 5.75 Å². The molecular weight excluding hydrogens is 443 g/mol. The molecule has 0 aliphatic heterocycles. The predicted molar refractivity (Wildman–Crippen MR) is 116 cm³/mol. The van der Waals surface area contributed by atoms with Crippen LogP contribution in [0.15, 0.2) is 29.3 Å². The minimum absolute atomic E-state index is 0. The van der Waals surface area contributed by atoms with Crippen LogP contribution in [0.2, 0.25) is 0 Å². The maximum Gasteiger partial charge on any atom is 0.258 e. The molecule has 1 fully saturated rings. The van der Waals surface area contributed by atoms with Gasteiger partial charge in [0.2, 0.25) is 0 Å². The monoisotopic (exact) mass is 474 g/mol. The van der Waals surface area contributed by atoms with E-state index >= 15 is 0 Å². The zero-order valence-corrected chi connectivity index (χ0v) is 18.0. The third-order valence-corrected chi connectivity index (χ3v) is 3.94. The Morgan fingerprint density at radius 2 is 2.00 bits per heavy atom. The Morgan fingerprint density at radius 1 is 1.31 bits per heavy atom. The highest BCUT2D eigenvalue weighted by Gasteiger charge is 2.23. The summed E-state index contributed by atoms with van der Waals surface area (Å²) in [6.07, 6.45) is 4.06. The van der Waals surface area contributed by atoms with E-state index < -0.39 is 0 Å². The van der Waals surface area contributed by atoms with Gasteiger partial charge in [-0.1, -0.05) is 26.0 Å². The van der Waals surface area contributed by atoms with Gasteiger partial charge in [-0.2, -0.15) is 0 Å². The smallest absolute Gasteiger partial charge is 0.258 e. The number of nitrogens with two attached hydrogens (primary N) is 1. The summed E-state index contributed by atoms with van der Waals surface area (Å²) in [5.74, 6) is 1.79. The van der Waals surface area contributed by atoms with Crippen molar-refractivity contribution in [2.45, 2.75) is 45.6 Å². The number of rotatable bonds is 10. The van der Waals surface area contributed by atoms with Crippen LogP contribution in [-0.2, 0) is 11.2 Å². The van der Waals surface area contributed by atoms with E-state index in [1.165, 1.54) is 5.56 Å². The number of halogens is 1. The van der Waals surface area contributed by atoms with Crippen LogP contribution in [0.1, 0.15) is 38.7 Å². The third-order valence-electron chi connectivity index (χ3n) is 3.94. The van der Waals surface area contributed by atoms with Crippen molar-refractivity contribution >= 4 is 35.8 Å². The van der Waals surface area contributed by atoms with E-state index in [4.69, 9.17) is 10.5 Å². The molecule has 146 valence electrons. The lowest BCUT2D eigenvalue weighted by Gasteiger charge is -2.09. The molecule has 0 spiro atoms. The van der Waals surface area contributed by atoms with E-state index in [1.54, 1.807) is 0 Å². The highest BCUT2D eigenvalue weighted by Crippen LogP contribution is 2.18. The normalized spacial score (nSPS) is 13.9. The Labute approximate surface area is 173 Å². The molecule has 6 nitrogen and oxygen atoms in total. The molecule has 0 aromatic heterocycles. The van der Waals surface area contributed by atoms with Crippen molar-refractivity contribution in [1.29, 1.82) is 0 Å². The van der Waals surface area contributed by atoms with Gasteiger partial charge in [-0.05, 0) is 49.3 Å². The number of ether oxygens (including phenoxy) is 1. The number of guanidine groups is 1. The number of nitrogens with one attached hydrogen (secondary N) is 2. The number of carbonyl (C=O) groups excluding carboxylic acids is 1. The Kier molecular flexibility index (Phi) is 10.4. The van der Waals surface area contributed by atoms with Crippen LogP contribution in [0, 0.1) is 5.92 Å². The summed E-state index contributed by atoms with van der Waals surface area (Å²) in [5, 5.41) is 6.03. The van der Waals surface area contributed by atoms with E-state index in [9.17, 15) is 4.79 Å². The number of carbonyl (C=O) groups is 1. The zero-order chi connectivity index (χ0) is 18.1. The molecule has 1 aliphatic rings. The SMILES string of the molecule is CC(C)CCN=C(N)NCCc1ccc(OCC(=O)NC2CC2)cc1.I. The summed E-state index contributed by atoms with van der Waals surface area (Å²) in [6, 6.07) is 8.15. The molecule has 1 aliphatic carbocycles. The fourth-order valence-electron chi connectivity index (χ4n) is 2.23. The van der Waals surface area contributed by atoms with E-state index in [-0.39, 0.29) is 36.5 Å². The molecule has 0 saturated heterocycles. The second kappa shape index (κ2) is 12.0. The largest absolute Gasteiger partial charge is 0.484 e. The quantitative estimate of drug-likeness (QED) is 0.276. The standard InChI is InChI=1S/C19H30N4O2.HI/c1-14(2)9-11-21-19(20)22-12-10-15-3-7-17(8-4-15)25-13-18(24)23-16-5-6-16;/h3-4,7-8,14,16H,5-6,9-13H2,1-2H3,(H,23,24)(H3,20,21,22);1H. The molecule has 1 aromatic rings. The minimum atomic E-state index is -0.0528. The van der Waals surface area contributed by atoms with Crippen molar-refractivity contribution in [3.63, 3.8) is 0 Å². The second-order valence-corrected chi connectivity index (χ2v) is 6.90. The van der Waals surface area contributed by atoms with E-state index in [0.717, 1.165) is 38.8 Å². The van der Waals surface area contributed by atoms with Crippen LogP contribution in [0.25, 0.3) is 0 Å². The van der Waals surface area contributed by atoms with Crippen molar-refractivity contribution < 1.29 is 9.53 Å². The lowest BCUT2D eigenvalue weighted by molar-refractivity contribution is -0.123. The Bertz CT molecular complexity index is 571. The summed E-state index contributed by atoms with van der Waals surface area (Å²) in [5.41, 5.74) is 7.01. The highest BCUT2D eigenvalue weighted by molar-refractivity contribution is 14.0. The van der Waals surface area contributed by atoms with Crippen LogP contribution < -0.4 is 21.1 Å². The first-order valence-corrected chi connectivity index (χ1v) is 9.08. The van der Waals surface area contributed by atoms with Gasteiger partial charge >= 0.3 is 0 Å². The van der Waals surface area contributed by atoms with Crippen molar-refractivity contribution in [1.82, 2.24) is 10.6 Å². The van der Waals surface area contributed by atoms with Crippen LogP contribution in [0.4, 0.5) is 0 Å². The van der Waals surface area contributed by atoms with Crippen molar-refractivity contribution in [3.05, 3.63) is 29.8 Å². The first kappa shape index (κ1) is 22.5. The van der Waals surface area contributed by atoms with Gasteiger partial charge in [-0.3, -0.25) is 9.79 Å². The molecule has 0 atom stereocenters. The molecule has 2 rings (SSSR count). The maximum atomic E-state index is 11.6. The summed E-state index contributed by atoms with van der Waals surface area (Å²) in [7, 11) is 0. The number of hydrogen-bond donors (Lipinski definition) is 3. The van der Waals surface area contributed by atoms with Gasteiger partial charge < -0.3 is 21.1 Å². The molecule has 0 bridgehead atoms. The van der Waals surface area contributed by atoms with Crippen LogP contribution in [0.3, 0.4) is 0 Å². The van der Waals surface area contributed by atoms with Crippen molar-refractivity contribution in [2.75, 3.05) is 19.7 Å².